The van der Waals surface area contributed by atoms with Crippen LogP contribution in [-0.4, -0.2) is 39.4 Å². The number of carbonyl (C=O) groups excluding carboxylic acids is 1. The zero-order valence-electron chi connectivity index (χ0n) is 12.2. The highest BCUT2D eigenvalue weighted by atomic mass is 32.2. The van der Waals surface area contributed by atoms with Crippen molar-refractivity contribution in [2.24, 2.45) is 0 Å². The van der Waals surface area contributed by atoms with Gasteiger partial charge in [0.1, 0.15) is 6.04 Å². The smallest absolute Gasteiger partial charge is 0.326 e. The lowest BCUT2D eigenvalue weighted by atomic mass is 9.94. The van der Waals surface area contributed by atoms with Crippen molar-refractivity contribution in [1.82, 2.24) is 4.90 Å². The van der Waals surface area contributed by atoms with E-state index in [1.807, 2.05) is 24.3 Å². The van der Waals surface area contributed by atoms with Crippen LogP contribution in [0.2, 0.25) is 0 Å². The predicted octanol–water partition coefficient (Wildman–Crippen LogP) is 2.56. The minimum Gasteiger partial charge on any atom is -0.480 e. The molecule has 0 saturated carbocycles. The van der Waals surface area contributed by atoms with E-state index < -0.39 is 12.0 Å². The largest absolute Gasteiger partial charge is 0.480 e. The number of carboxylic acid groups (broad SMARTS) is 1. The van der Waals surface area contributed by atoms with Crippen LogP contribution in [0.25, 0.3) is 0 Å². The van der Waals surface area contributed by atoms with Crippen LogP contribution in [0.4, 0.5) is 0 Å². The number of nitrogens with zero attached hydrogens (tertiary/aromatic N) is 1. The Kier molecular flexibility index (Phi) is 5.67. The van der Waals surface area contributed by atoms with Crippen molar-refractivity contribution in [2.45, 2.75) is 38.8 Å². The topological polar surface area (TPSA) is 57.6 Å². The summed E-state index contributed by atoms with van der Waals surface area (Å²) in [5.41, 5.74) is 2.09. The first-order valence-electron chi connectivity index (χ1n) is 7.30. The van der Waals surface area contributed by atoms with E-state index >= 15 is 0 Å². The SMILES string of the molecule is CCCCSCC(=O)N1Cc2ccccc2CC1C(=O)O. The molecule has 0 radical (unpaired) electrons. The Balaban J connectivity index is 2.06. The number of carbonyl (C=O) groups is 2. The fourth-order valence-electron chi connectivity index (χ4n) is 2.49. The van der Waals surface area contributed by atoms with Gasteiger partial charge in [0.25, 0.3) is 0 Å². The molecule has 0 aliphatic carbocycles. The van der Waals surface area contributed by atoms with Crippen molar-refractivity contribution < 1.29 is 14.7 Å². The van der Waals surface area contributed by atoms with Crippen molar-refractivity contribution in [2.75, 3.05) is 11.5 Å². The summed E-state index contributed by atoms with van der Waals surface area (Å²) >= 11 is 1.59. The minimum atomic E-state index is -0.920. The summed E-state index contributed by atoms with van der Waals surface area (Å²) in [6, 6.07) is 7.02. The van der Waals surface area contributed by atoms with E-state index in [0.717, 1.165) is 29.7 Å². The molecule has 1 aromatic rings. The van der Waals surface area contributed by atoms with E-state index in [0.29, 0.717) is 18.7 Å². The standard InChI is InChI=1S/C16H21NO3S/c1-2-3-8-21-11-15(18)17-10-13-7-5-4-6-12(13)9-14(17)16(19)20/h4-7,14H,2-3,8-11H2,1H3,(H,19,20). The first-order chi connectivity index (χ1) is 10.1. The normalized spacial score (nSPS) is 17.4. The third-order valence-corrected chi connectivity index (χ3v) is 4.75. The Morgan fingerprint density at radius 3 is 2.71 bits per heavy atom. The fourth-order valence-corrected chi connectivity index (χ4v) is 3.47. The molecule has 1 aromatic carbocycles. The van der Waals surface area contributed by atoms with Crippen molar-refractivity contribution in [3.05, 3.63) is 35.4 Å². The van der Waals surface area contributed by atoms with E-state index in [2.05, 4.69) is 6.92 Å². The Labute approximate surface area is 129 Å². The molecular weight excluding hydrogens is 286 g/mol. The molecule has 5 heteroatoms. The maximum atomic E-state index is 12.3. The summed E-state index contributed by atoms with van der Waals surface area (Å²) in [6.45, 7) is 2.52. The van der Waals surface area contributed by atoms with Crippen LogP contribution in [0, 0.1) is 0 Å². The highest BCUT2D eigenvalue weighted by Gasteiger charge is 2.34. The molecule has 1 aliphatic rings. The monoisotopic (exact) mass is 307 g/mol. The van der Waals surface area contributed by atoms with Crippen LogP contribution >= 0.6 is 11.8 Å². The summed E-state index contributed by atoms with van der Waals surface area (Å²) in [6.07, 6.45) is 2.59. The maximum absolute atomic E-state index is 12.3. The van der Waals surface area contributed by atoms with Crippen molar-refractivity contribution in [3.8, 4) is 0 Å². The van der Waals surface area contributed by atoms with Crippen LogP contribution in [0.15, 0.2) is 24.3 Å². The number of rotatable bonds is 6. The van der Waals surface area contributed by atoms with Gasteiger partial charge in [0.05, 0.1) is 5.75 Å². The van der Waals surface area contributed by atoms with Gasteiger partial charge in [-0.05, 0) is 23.3 Å². The minimum absolute atomic E-state index is 0.0713. The molecule has 2 rings (SSSR count). The lowest BCUT2D eigenvalue weighted by molar-refractivity contribution is -0.150. The van der Waals surface area contributed by atoms with E-state index in [1.54, 1.807) is 11.8 Å². The Morgan fingerprint density at radius 2 is 2.05 bits per heavy atom. The van der Waals surface area contributed by atoms with E-state index in [9.17, 15) is 14.7 Å². The van der Waals surface area contributed by atoms with Gasteiger partial charge >= 0.3 is 5.97 Å². The first kappa shape index (κ1) is 15.9. The molecule has 1 aliphatic heterocycles. The molecule has 1 atom stereocenters. The second-order valence-corrected chi connectivity index (χ2v) is 6.36. The Hall–Kier alpha value is -1.49. The molecule has 0 aromatic heterocycles. The van der Waals surface area contributed by atoms with Crippen LogP contribution in [0.1, 0.15) is 30.9 Å². The second kappa shape index (κ2) is 7.50. The van der Waals surface area contributed by atoms with Gasteiger partial charge in [-0.2, -0.15) is 11.8 Å². The van der Waals surface area contributed by atoms with Gasteiger partial charge < -0.3 is 10.0 Å². The molecule has 0 spiro atoms. The zero-order chi connectivity index (χ0) is 15.2. The van der Waals surface area contributed by atoms with Gasteiger partial charge in [0.2, 0.25) is 5.91 Å². The van der Waals surface area contributed by atoms with E-state index in [4.69, 9.17) is 0 Å². The molecule has 0 fully saturated rings. The molecule has 0 saturated heterocycles. The Bertz CT molecular complexity index is 518. The van der Waals surface area contributed by atoms with E-state index in [1.165, 1.54) is 4.90 Å². The molecule has 1 heterocycles. The van der Waals surface area contributed by atoms with Gasteiger partial charge in [-0.1, -0.05) is 37.6 Å². The number of unbranched alkanes of at least 4 members (excludes halogenated alkanes) is 1. The number of hydrogen-bond donors (Lipinski definition) is 1. The van der Waals surface area contributed by atoms with Gasteiger partial charge in [-0.25, -0.2) is 4.79 Å². The van der Waals surface area contributed by atoms with Gasteiger partial charge in [0.15, 0.2) is 0 Å². The van der Waals surface area contributed by atoms with Crippen molar-refractivity contribution in [3.63, 3.8) is 0 Å². The number of benzene rings is 1. The number of amides is 1. The zero-order valence-corrected chi connectivity index (χ0v) is 13.1. The molecule has 1 amide bonds. The van der Waals surface area contributed by atoms with E-state index in [-0.39, 0.29) is 5.91 Å². The molecule has 21 heavy (non-hydrogen) atoms. The second-order valence-electron chi connectivity index (χ2n) is 5.25. The van der Waals surface area contributed by atoms with Crippen molar-refractivity contribution in [1.29, 1.82) is 0 Å². The lowest BCUT2D eigenvalue weighted by Crippen LogP contribution is -2.49. The number of thioether (sulfide) groups is 1. The predicted molar refractivity (Wildman–Crippen MR) is 84.4 cm³/mol. The fraction of sp³-hybridized carbons (Fsp3) is 0.500. The number of hydrogen-bond acceptors (Lipinski definition) is 3. The number of carboxylic acids is 1. The summed E-state index contributed by atoms with van der Waals surface area (Å²) in [4.78, 5) is 25.3. The molecule has 1 N–H and O–H groups in total. The third kappa shape index (κ3) is 4.00. The molecule has 4 nitrogen and oxygen atoms in total. The van der Waals surface area contributed by atoms with Gasteiger partial charge in [-0.3, -0.25) is 4.79 Å². The number of aliphatic carboxylic acids is 1. The lowest BCUT2D eigenvalue weighted by Gasteiger charge is -2.34. The van der Waals surface area contributed by atoms with Crippen LogP contribution < -0.4 is 0 Å². The molecule has 1 unspecified atom stereocenters. The average molecular weight is 307 g/mol. The van der Waals surface area contributed by atoms with Crippen LogP contribution in [-0.2, 0) is 22.6 Å². The highest BCUT2D eigenvalue weighted by molar-refractivity contribution is 7.99. The van der Waals surface area contributed by atoms with Crippen LogP contribution in [0.5, 0.6) is 0 Å². The van der Waals surface area contributed by atoms with Gasteiger partial charge in [-0.15, -0.1) is 0 Å². The van der Waals surface area contributed by atoms with Crippen LogP contribution in [0.3, 0.4) is 0 Å². The molecule has 114 valence electrons. The summed E-state index contributed by atoms with van der Waals surface area (Å²) in [7, 11) is 0. The van der Waals surface area contributed by atoms with Gasteiger partial charge in [0, 0.05) is 13.0 Å². The number of fused-ring (bicyclic) bond motifs is 1. The molecular formula is C16H21NO3S. The third-order valence-electron chi connectivity index (χ3n) is 3.72. The molecule has 0 bridgehead atoms. The summed E-state index contributed by atoms with van der Waals surface area (Å²) in [5.74, 6) is 0.325. The highest BCUT2D eigenvalue weighted by Crippen LogP contribution is 2.24. The summed E-state index contributed by atoms with van der Waals surface area (Å²) in [5, 5.41) is 9.39. The average Bonchev–Trinajstić information content (AvgIpc) is 2.50. The first-order valence-corrected chi connectivity index (χ1v) is 8.45. The Morgan fingerprint density at radius 1 is 1.33 bits per heavy atom. The maximum Gasteiger partial charge on any atom is 0.326 e. The van der Waals surface area contributed by atoms with Crippen molar-refractivity contribution >= 4 is 23.6 Å². The quantitative estimate of drug-likeness (QED) is 0.821. The summed E-state index contributed by atoms with van der Waals surface area (Å²) < 4.78 is 0.